The third-order valence-electron chi connectivity index (χ3n) is 5.16. The molecule has 0 aliphatic carbocycles. The van der Waals surface area contributed by atoms with Crippen LogP contribution < -0.4 is 0 Å². The van der Waals surface area contributed by atoms with Crippen LogP contribution in [0.4, 0.5) is 0 Å². The molecule has 3 aromatic carbocycles. The van der Waals surface area contributed by atoms with Crippen LogP contribution in [0.1, 0.15) is 23.6 Å². The molecule has 30 heavy (non-hydrogen) atoms. The van der Waals surface area contributed by atoms with Gasteiger partial charge in [0.05, 0.1) is 27.7 Å². The third-order valence-corrected chi connectivity index (χ3v) is 6.85. The van der Waals surface area contributed by atoms with Crippen molar-refractivity contribution in [1.29, 1.82) is 0 Å². The number of hydrogen-bond acceptors (Lipinski definition) is 5. The Kier molecular flexibility index (Phi) is 4.52. The monoisotopic (exact) mass is 414 g/mol. The van der Waals surface area contributed by atoms with Crippen LogP contribution in [-0.4, -0.2) is 28.5 Å². The summed E-state index contributed by atoms with van der Waals surface area (Å²) in [5.41, 5.74) is 3.82. The smallest absolute Gasteiger partial charge is 0.253 e. The molecular formula is C23H18N4O2S. The van der Waals surface area contributed by atoms with Gasteiger partial charge in [-0.2, -0.15) is 17.9 Å². The number of hydrogen-bond donors (Lipinski definition) is 0. The quantitative estimate of drug-likeness (QED) is 0.502. The topological polar surface area (TPSA) is 75.5 Å². The molecule has 4 aromatic rings. The molecule has 0 saturated carbocycles. The molecule has 0 spiro atoms. The van der Waals surface area contributed by atoms with Gasteiger partial charge in [0.15, 0.2) is 0 Å². The minimum absolute atomic E-state index is 0.208. The maximum atomic E-state index is 13.5. The maximum absolute atomic E-state index is 13.5. The highest BCUT2D eigenvalue weighted by Crippen LogP contribution is 2.39. The van der Waals surface area contributed by atoms with E-state index >= 15 is 0 Å². The van der Waals surface area contributed by atoms with Crippen molar-refractivity contribution in [3.8, 4) is 0 Å². The molecule has 0 radical (unpaired) electrons. The Morgan fingerprint density at radius 2 is 1.50 bits per heavy atom. The van der Waals surface area contributed by atoms with E-state index in [0.29, 0.717) is 11.9 Å². The van der Waals surface area contributed by atoms with Crippen molar-refractivity contribution in [2.45, 2.75) is 17.4 Å². The molecule has 0 saturated heterocycles. The summed E-state index contributed by atoms with van der Waals surface area (Å²) in [5.74, 6) is 0. The van der Waals surface area contributed by atoms with Gasteiger partial charge in [-0.15, -0.1) is 0 Å². The lowest BCUT2D eigenvalue weighted by atomic mass is 9.98. The zero-order chi connectivity index (χ0) is 20.6. The number of fused-ring (bicyclic) bond motifs is 1. The zero-order valence-electron chi connectivity index (χ0n) is 16.0. The first kappa shape index (κ1) is 18.4. The fraction of sp³-hybridized carbons (Fsp3) is 0.0870. The number of sulfonamides is 1. The Hall–Kier alpha value is -3.58. The predicted octanol–water partition coefficient (Wildman–Crippen LogP) is 4.17. The van der Waals surface area contributed by atoms with E-state index in [1.807, 2.05) is 48.5 Å². The van der Waals surface area contributed by atoms with Crippen LogP contribution in [0.15, 0.2) is 101 Å². The number of aromatic nitrogens is 2. The second kappa shape index (κ2) is 7.35. The van der Waals surface area contributed by atoms with Gasteiger partial charge in [-0.25, -0.2) is 0 Å². The van der Waals surface area contributed by atoms with E-state index < -0.39 is 16.1 Å². The van der Waals surface area contributed by atoms with Crippen molar-refractivity contribution >= 4 is 26.8 Å². The van der Waals surface area contributed by atoms with Crippen molar-refractivity contribution in [2.75, 3.05) is 0 Å². The molecule has 1 aliphatic heterocycles. The molecule has 1 aliphatic rings. The molecule has 1 aromatic heterocycles. The van der Waals surface area contributed by atoms with Gasteiger partial charge in [-0.3, -0.25) is 9.97 Å². The van der Waals surface area contributed by atoms with E-state index in [1.165, 1.54) is 4.41 Å². The predicted molar refractivity (Wildman–Crippen MR) is 115 cm³/mol. The number of nitrogens with zero attached hydrogens (tertiary/aromatic N) is 4. The highest BCUT2D eigenvalue weighted by atomic mass is 32.2. The zero-order valence-corrected chi connectivity index (χ0v) is 16.8. The van der Waals surface area contributed by atoms with Gasteiger partial charge >= 0.3 is 0 Å². The molecule has 0 N–H and O–H groups in total. The van der Waals surface area contributed by atoms with Gasteiger partial charge in [0, 0.05) is 24.4 Å². The van der Waals surface area contributed by atoms with Crippen molar-refractivity contribution < 1.29 is 8.42 Å². The molecule has 0 fully saturated rings. The summed E-state index contributed by atoms with van der Waals surface area (Å²) < 4.78 is 28.3. The third kappa shape index (κ3) is 3.13. The van der Waals surface area contributed by atoms with E-state index in [1.54, 1.807) is 42.7 Å². The van der Waals surface area contributed by atoms with E-state index in [2.05, 4.69) is 15.1 Å². The lowest BCUT2D eigenvalue weighted by Crippen LogP contribution is -2.27. The molecule has 0 unspecified atom stereocenters. The first-order valence-corrected chi connectivity index (χ1v) is 11.0. The van der Waals surface area contributed by atoms with Crippen LogP contribution in [0.3, 0.4) is 0 Å². The van der Waals surface area contributed by atoms with E-state index in [4.69, 9.17) is 0 Å². The van der Waals surface area contributed by atoms with Gasteiger partial charge in [0.2, 0.25) is 0 Å². The van der Waals surface area contributed by atoms with Gasteiger partial charge in [0.1, 0.15) is 0 Å². The summed E-state index contributed by atoms with van der Waals surface area (Å²) in [7, 11) is -3.85. The molecule has 5 rings (SSSR count). The van der Waals surface area contributed by atoms with Gasteiger partial charge in [0.25, 0.3) is 10.0 Å². The van der Waals surface area contributed by atoms with Crippen LogP contribution >= 0.6 is 0 Å². The number of hydrazone groups is 1. The van der Waals surface area contributed by atoms with Gasteiger partial charge in [-0.1, -0.05) is 60.7 Å². The highest BCUT2D eigenvalue weighted by Gasteiger charge is 2.38. The molecule has 6 nitrogen and oxygen atoms in total. The minimum Gasteiger partial charge on any atom is -0.253 e. The van der Waals surface area contributed by atoms with Gasteiger partial charge < -0.3 is 0 Å². The average molecular weight is 414 g/mol. The summed E-state index contributed by atoms with van der Waals surface area (Å²) in [6, 6.07) is 23.2. The lowest BCUT2D eigenvalue weighted by Gasteiger charge is -2.24. The maximum Gasteiger partial charge on any atom is 0.279 e. The summed E-state index contributed by atoms with van der Waals surface area (Å²) in [6.45, 7) is 0. The van der Waals surface area contributed by atoms with E-state index in [9.17, 15) is 8.42 Å². The fourth-order valence-corrected chi connectivity index (χ4v) is 5.18. The minimum atomic E-state index is -3.85. The number of rotatable bonds is 4. The molecular weight excluding hydrogens is 396 g/mol. The van der Waals surface area contributed by atoms with Crippen molar-refractivity contribution in [3.63, 3.8) is 0 Å². The Morgan fingerprint density at radius 1 is 0.800 bits per heavy atom. The Morgan fingerprint density at radius 3 is 2.27 bits per heavy atom. The Labute approximate surface area is 174 Å². The van der Waals surface area contributed by atoms with Crippen LogP contribution in [0.5, 0.6) is 0 Å². The van der Waals surface area contributed by atoms with Crippen LogP contribution in [0.2, 0.25) is 0 Å². The summed E-state index contributed by atoms with van der Waals surface area (Å²) in [4.78, 5) is 9.05. The van der Waals surface area contributed by atoms with Crippen molar-refractivity contribution in [2.24, 2.45) is 5.10 Å². The summed E-state index contributed by atoms with van der Waals surface area (Å²) in [6.07, 6.45) is 3.70. The first-order chi connectivity index (χ1) is 14.6. The normalized spacial score (nSPS) is 16.6. The second-order valence-corrected chi connectivity index (χ2v) is 8.79. The van der Waals surface area contributed by atoms with Crippen molar-refractivity contribution in [3.05, 3.63) is 102 Å². The largest absolute Gasteiger partial charge is 0.279 e. The molecule has 0 bridgehead atoms. The molecule has 7 heteroatoms. The SMILES string of the molecule is O=S(=O)(c1ccccc1)N1N=C(c2ccccc2)C[C@H]1c1cccc2nccnc12. The van der Waals surface area contributed by atoms with Crippen LogP contribution in [0, 0.1) is 0 Å². The van der Waals surface area contributed by atoms with E-state index in [0.717, 1.165) is 22.4 Å². The highest BCUT2D eigenvalue weighted by molar-refractivity contribution is 7.89. The average Bonchev–Trinajstić information content (AvgIpc) is 3.26. The Bertz CT molecular complexity index is 1330. The van der Waals surface area contributed by atoms with Crippen LogP contribution in [0.25, 0.3) is 11.0 Å². The number of para-hydroxylation sites is 1. The Balaban J connectivity index is 1.68. The standard InChI is InChI=1S/C23H18N4O2S/c28-30(29,18-10-5-2-6-11-18)27-22(16-21(26-27)17-8-3-1-4-9-17)19-12-7-13-20-23(19)25-15-14-24-20/h1-15,22H,16H2/t22-/m0/s1. The summed E-state index contributed by atoms with van der Waals surface area (Å²) in [5, 5.41) is 4.58. The molecule has 0 amide bonds. The van der Waals surface area contributed by atoms with Gasteiger partial charge in [-0.05, 0) is 23.8 Å². The summed E-state index contributed by atoms with van der Waals surface area (Å²) >= 11 is 0. The first-order valence-electron chi connectivity index (χ1n) is 9.56. The van der Waals surface area contributed by atoms with Crippen molar-refractivity contribution in [1.82, 2.24) is 14.4 Å². The molecule has 148 valence electrons. The van der Waals surface area contributed by atoms with E-state index in [-0.39, 0.29) is 4.90 Å². The lowest BCUT2D eigenvalue weighted by molar-refractivity contribution is 0.373. The fourth-order valence-electron chi connectivity index (χ4n) is 3.73. The van der Waals surface area contributed by atoms with Crippen LogP contribution in [-0.2, 0) is 10.0 Å². The number of benzene rings is 3. The second-order valence-electron chi connectivity index (χ2n) is 6.99. The molecule has 2 heterocycles. The molecule has 1 atom stereocenters.